The fourth-order valence-electron chi connectivity index (χ4n) is 2.95. The molecule has 2 aromatic carbocycles. The van der Waals surface area contributed by atoms with Gasteiger partial charge in [0.2, 0.25) is 0 Å². The van der Waals surface area contributed by atoms with Crippen LogP contribution in [-0.2, 0) is 0 Å². The van der Waals surface area contributed by atoms with Crippen LogP contribution in [0.4, 0.5) is 5.69 Å². The van der Waals surface area contributed by atoms with E-state index in [0.29, 0.717) is 17.1 Å². The Balaban J connectivity index is 1.48. The van der Waals surface area contributed by atoms with Gasteiger partial charge < -0.3 is 15.1 Å². The van der Waals surface area contributed by atoms with E-state index in [9.17, 15) is 4.79 Å². The van der Waals surface area contributed by atoms with E-state index < -0.39 is 6.17 Å². The largest absolute Gasteiger partial charge is 0.454 e. The Morgan fingerprint density at radius 3 is 2.72 bits per heavy atom. The van der Waals surface area contributed by atoms with E-state index in [1.54, 1.807) is 17.4 Å². The Hall–Kier alpha value is -3.12. The summed E-state index contributed by atoms with van der Waals surface area (Å²) in [6, 6.07) is 19.2. The standard InChI is InChI=1S/C19H13N3O2S/c23-18-11-5-1-2-6-12(11)20-17(22-18)14-9-10-15(24-14)19-21-13-7-3-4-8-16(13)25-19/h1-10,17,20H,(H,22,23)/t17-/m1/s1. The molecule has 1 aliphatic heterocycles. The zero-order chi connectivity index (χ0) is 16.8. The lowest BCUT2D eigenvalue weighted by molar-refractivity contribution is 0.0931. The van der Waals surface area contributed by atoms with Crippen LogP contribution < -0.4 is 10.6 Å². The minimum absolute atomic E-state index is 0.114. The highest BCUT2D eigenvalue weighted by Crippen LogP contribution is 2.33. The average molecular weight is 347 g/mol. The SMILES string of the molecule is O=C1N[C@H](c2ccc(-c3nc4ccccc4s3)o2)Nc2ccccc21. The van der Waals surface area contributed by atoms with Crippen LogP contribution in [0.2, 0.25) is 0 Å². The van der Waals surface area contributed by atoms with Crippen LogP contribution in [0.25, 0.3) is 21.0 Å². The van der Waals surface area contributed by atoms with Crippen LogP contribution in [0, 0.1) is 0 Å². The number of carbonyl (C=O) groups is 1. The van der Waals surface area contributed by atoms with Gasteiger partial charge in [-0.25, -0.2) is 4.98 Å². The number of nitrogens with zero attached hydrogens (tertiary/aromatic N) is 1. The number of hydrogen-bond donors (Lipinski definition) is 2. The maximum absolute atomic E-state index is 12.3. The second-order valence-corrected chi connectivity index (χ2v) is 6.82. The first-order valence-corrected chi connectivity index (χ1v) is 8.72. The molecular weight excluding hydrogens is 334 g/mol. The Bertz CT molecular complexity index is 1070. The molecule has 0 unspecified atom stereocenters. The summed E-state index contributed by atoms with van der Waals surface area (Å²) in [4.78, 5) is 16.9. The van der Waals surface area contributed by atoms with Gasteiger partial charge >= 0.3 is 0 Å². The van der Waals surface area contributed by atoms with E-state index in [-0.39, 0.29) is 5.91 Å². The van der Waals surface area contributed by atoms with Crippen LogP contribution in [0.15, 0.2) is 65.1 Å². The third-order valence-electron chi connectivity index (χ3n) is 4.16. The highest BCUT2D eigenvalue weighted by molar-refractivity contribution is 7.21. The quantitative estimate of drug-likeness (QED) is 0.564. The smallest absolute Gasteiger partial charge is 0.255 e. The van der Waals surface area contributed by atoms with E-state index in [1.807, 2.05) is 54.6 Å². The van der Waals surface area contributed by atoms with Crippen molar-refractivity contribution >= 4 is 33.1 Å². The molecule has 0 aliphatic carbocycles. The molecule has 1 atom stereocenters. The number of fused-ring (bicyclic) bond motifs is 2. The molecule has 0 radical (unpaired) electrons. The van der Waals surface area contributed by atoms with Gasteiger partial charge in [-0.15, -0.1) is 11.3 Å². The third-order valence-corrected chi connectivity index (χ3v) is 5.21. The first-order valence-electron chi connectivity index (χ1n) is 7.90. The lowest BCUT2D eigenvalue weighted by atomic mass is 10.1. The molecule has 0 spiro atoms. The van der Waals surface area contributed by atoms with E-state index in [2.05, 4.69) is 15.6 Å². The second kappa shape index (κ2) is 5.46. The molecular formula is C19H13N3O2S. The average Bonchev–Trinajstić information content (AvgIpc) is 3.28. The molecule has 5 nitrogen and oxygen atoms in total. The fourth-order valence-corrected chi connectivity index (χ4v) is 3.88. The second-order valence-electron chi connectivity index (χ2n) is 5.79. The monoisotopic (exact) mass is 347 g/mol. The molecule has 122 valence electrons. The number of anilines is 1. The van der Waals surface area contributed by atoms with E-state index >= 15 is 0 Å². The van der Waals surface area contributed by atoms with Crippen molar-refractivity contribution in [1.82, 2.24) is 10.3 Å². The molecule has 1 amide bonds. The van der Waals surface area contributed by atoms with Gasteiger partial charge in [0.15, 0.2) is 16.9 Å². The third kappa shape index (κ3) is 2.38. The van der Waals surface area contributed by atoms with Crippen molar-refractivity contribution in [3.8, 4) is 10.8 Å². The zero-order valence-corrected chi connectivity index (χ0v) is 13.8. The maximum atomic E-state index is 12.3. The number of nitrogens with one attached hydrogen (secondary N) is 2. The highest BCUT2D eigenvalue weighted by Gasteiger charge is 2.26. The van der Waals surface area contributed by atoms with Crippen LogP contribution in [0.1, 0.15) is 22.3 Å². The van der Waals surface area contributed by atoms with Crippen LogP contribution in [-0.4, -0.2) is 10.9 Å². The molecule has 2 N–H and O–H groups in total. The van der Waals surface area contributed by atoms with Crippen molar-refractivity contribution in [1.29, 1.82) is 0 Å². The molecule has 1 aliphatic rings. The summed E-state index contributed by atoms with van der Waals surface area (Å²) in [7, 11) is 0. The van der Waals surface area contributed by atoms with E-state index in [4.69, 9.17) is 4.42 Å². The van der Waals surface area contributed by atoms with Crippen molar-refractivity contribution in [2.24, 2.45) is 0 Å². The Morgan fingerprint density at radius 1 is 0.960 bits per heavy atom. The number of hydrogen-bond acceptors (Lipinski definition) is 5. The lowest BCUT2D eigenvalue weighted by Crippen LogP contribution is -2.38. The molecule has 5 rings (SSSR count). The van der Waals surface area contributed by atoms with Gasteiger partial charge in [0.25, 0.3) is 5.91 Å². The molecule has 3 heterocycles. The number of carbonyl (C=O) groups excluding carboxylic acids is 1. The van der Waals surface area contributed by atoms with Gasteiger partial charge in [-0.2, -0.15) is 0 Å². The summed E-state index contributed by atoms with van der Waals surface area (Å²) in [6.45, 7) is 0. The summed E-state index contributed by atoms with van der Waals surface area (Å²) in [6.07, 6.45) is -0.398. The van der Waals surface area contributed by atoms with Crippen molar-refractivity contribution in [2.75, 3.05) is 5.32 Å². The van der Waals surface area contributed by atoms with Gasteiger partial charge in [-0.3, -0.25) is 4.79 Å². The number of aromatic nitrogens is 1. The number of thiazole rings is 1. The lowest BCUT2D eigenvalue weighted by Gasteiger charge is -2.26. The van der Waals surface area contributed by atoms with Gasteiger partial charge in [-0.05, 0) is 36.4 Å². The minimum atomic E-state index is -0.398. The predicted molar refractivity (Wildman–Crippen MR) is 97.6 cm³/mol. The number of amides is 1. The molecule has 0 saturated carbocycles. The molecule has 0 bridgehead atoms. The van der Waals surface area contributed by atoms with Gasteiger partial charge in [0.05, 0.1) is 15.8 Å². The van der Waals surface area contributed by atoms with Gasteiger partial charge in [0.1, 0.15) is 5.76 Å². The van der Waals surface area contributed by atoms with Gasteiger partial charge in [0, 0.05) is 5.69 Å². The fraction of sp³-hybridized carbons (Fsp3) is 0.0526. The number of furan rings is 1. The summed E-state index contributed by atoms with van der Waals surface area (Å²) in [5.74, 6) is 1.24. The van der Waals surface area contributed by atoms with E-state index in [0.717, 1.165) is 20.9 Å². The summed E-state index contributed by atoms with van der Waals surface area (Å²) in [5, 5.41) is 7.04. The minimum Gasteiger partial charge on any atom is -0.454 e. The normalized spacial score (nSPS) is 16.3. The number of rotatable bonds is 2. The van der Waals surface area contributed by atoms with Crippen molar-refractivity contribution in [3.63, 3.8) is 0 Å². The Labute approximate surface area is 147 Å². The first kappa shape index (κ1) is 14.2. The molecule has 25 heavy (non-hydrogen) atoms. The molecule has 2 aromatic heterocycles. The predicted octanol–water partition coefficient (Wildman–Crippen LogP) is 4.41. The molecule has 0 fully saturated rings. The van der Waals surface area contributed by atoms with E-state index in [1.165, 1.54) is 0 Å². The van der Waals surface area contributed by atoms with Crippen molar-refractivity contribution in [2.45, 2.75) is 6.17 Å². The summed E-state index contributed by atoms with van der Waals surface area (Å²) in [5.41, 5.74) is 2.39. The number of para-hydroxylation sites is 2. The summed E-state index contributed by atoms with van der Waals surface area (Å²) < 4.78 is 7.09. The topological polar surface area (TPSA) is 67.2 Å². The van der Waals surface area contributed by atoms with Crippen molar-refractivity contribution < 1.29 is 9.21 Å². The highest BCUT2D eigenvalue weighted by atomic mass is 32.1. The molecule has 4 aromatic rings. The molecule has 6 heteroatoms. The Morgan fingerprint density at radius 2 is 1.80 bits per heavy atom. The van der Waals surface area contributed by atoms with Gasteiger partial charge in [-0.1, -0.05) is 24.3 Å². The molecule has 0 saturated heterocycles. The summed E-state index contributed by atoms with van der Waals surface area (Å²) >= 11 is 1.59. The van der Waals surface area contributed by atoms with Crippen LogP contribution >= 0.6 is 11.3 Å². The zero-order valence-electron chi connectivity index (χ0n) is 13.0. The Kier molecular flexibility index (Phi) is 3.11. The van der Waals surface area contributed by atoms with Crippen LogP contribution in [0.3, 0.4) is 0 Å². The first-order chi connectivity index (χ1) is 12.3. The van der Waals surface area contributed by atoms with Crippen molar-refractivity contribution in [3.05, 3.63) is 72.0 Å². The maximum Gasteiger partial charge on any atom is 0.255 e. The van der Waals surface area contributed by atoms with Crippen LogP contribution in [0.5, 0.6) is 0 Å². The number of benzene rings is 2.